The summed E-state index contributed by atoms with van der Waals surface area (Å²) in [6.45, 7) is 0.337. The fourth-order valence-electron chi connectivity index (χ4n) is 1.87. The predicted molar refractivity (Wildman–Crippen MR) is 66.2 cm³/mol. The number of fused-ring (bicyclic) bond motifs is 1. The molecule has 92 valence electrons. The van der Waals surface area contributed by atoms with Gasteiger partial charge in [0, 0.05) is 23.6 Å². The number of carbonyl (C=O) groups excluding carboxylic acids is 2. The zero-order valence-electron chi connectivity index (χ0n) is 9.13. The third kappa shape index (κ3) is 1.74. The lowest BCUT2D eigenvalue weighted by Crippen LogP contribution is -2.49. The quantitative estimate of drug-likeness (QED) is 0.850. The van der Waals surface area contributed by atoms with E-state index >= 15 is 0 Å². The average Bonchev–Trinajstić information content (AvgIpc) is 2.76. The molecule has 0 aliphatic carbocycles. The molecule has 18 heavy (non-hydrogen) atoms. The highest BCUT2D eigenvalue weighted by Gasteiger charge is 2.26. The van der Waals surface area contributed by atoms with Crippen LogP contribution in [0, 0.1) is 0 Å². The monoisotopic (exact) mass is 309 g/mol. The Hall–Kier alpha value is -1.96. The van der Waals surface area contributed by atoms with Crippen molar-refractivity contribution in [2.24, 2.45) is 0 Å². The van der Waals surface area contributed by atoms with Gasteiger partial charge in [0.05, 0.1) is 5.69 Å². The normalized spacial score (nSPS) is 16.2. The van der Waals surface area contributed by atoms with Crippen molar-refractivity contribution in [3.63, 3.8) is 0 Å². The number of aromatic nitrogens is 3. The Bertz CT molecular complexity index is 653. The first kappa shape index (κ1) is 11.1. The van der Waals surface area contributed by atoms with Crippen molar-refractivity contribution in [2.75, 3.05) is 11.4 Å². The van der Waals surface area contributed by atoms with Crippen LogP contribution in [0.3, 0.4) is 0 Å². The maximum absolute atomic E-state index is 11.8. The third-order valence-corrected chi connectivity index (χ3v) is 3.10. The molecule has 0 saturated carbocycles. The van der Waals surface area contributed by atoms with Crippen LogP contribution in [0.1, 0.15) is 6.42 Å². The van der Waals surface area contributed by atoms with Gasteiger partial charge in [-0.05, 0) is 22.0 Å². The van der Waals surface area contributed by atoms with Crippen LogP contribution in [0.15, 0.2) is 23.1 Å². The number of imide groups is 1. The number of nitrogens with one attached hydrogen (secondary N) is 1. The van der Waals surface area contributed by atoms with E-state index in [0.29, 0.717) is 17.9 Å². The van der Waals surface area contributed by atoms with E-state index in [1.807, 2.05) is 0 Å². The molecule has 0 atom stereocenters. The molecule has 7 nitrogen and oxygen atoms in total. The van der Waals surface area contributed by atoms with Crippen molar-refractivity contribution in [1.29, 1.82) is 0 Å². The second kappa shape index (κ2) is 4.05. The maximum Gasteiger partial charge on any atom is 0.328 e. The van der Waals surface area contributed by atoms with Crippen LogP contribution < -0.4 is 10.2 Å². The molecule has 3 heterocycles. The van der Waals surface area contributed by atoms with Gasteiger partial charge in [0.1, 0.15) is 6.33 Å². The first-order chi connectivity index (χ1) is 8.65. The van der Waals surface area contributed by atoms with Crippen molar-refractivity contribution in [1.82, 2.24) is 19.9 Å². The zero-order chi connectivity index (χ0) is 12.7. The number of anilines is 1. The number of hydrogen-bond donors (Lipinski definition) is 1. The van der Waals surface area contributed by atoms with E-state index in [1.165, 1.54) is 11.2 Å². The number of pyridine rings is 1. The summed E-state index contributed by atoms with van der Waals surface area (Å²) in [5.41, 5.74) is 1.19. The van der Waals surface area contributed by atoms with Gasteiger partial charge in [-0.1, -0.05) is 0 Å². The van der Waals surface area contributed by atoms with Gasteiger partial charge in [0.25, 0.3) is 0 Å². The number of hydrogen-bond acceptors (Lipinski definition) is 4. The predicted octanol–water partition coefficient (Wildman–Crippen LogP) is 0.938. The Labute approximate surface area is 110 Å². The molecular weight excluding hydrogens is 302 g/mol. The summed E-state index contributed by atoms with van der Waals surface area (Å²) in [6.07, 6.45) is 3.44. The van der Waals surface area contributed by atoms with E-state index in [0.717, 1.165) is 4.47 Å². The van der Waals surface area contributed by atoms with Crippen molar-refractivity contribution < 1.29 is 9.59 Å². The molecule has 0 aromatic carbocycles. The molecule has 3 amide bonds. The molecule has 0 unspecified atom stereocenters. The number of urea groups is 1. The summed E-state index contributed by atoms with van der Waals surface area (Å²) >= 11 is 3.35. The minimum Gasteiger partial charge on any atom is -0.290 e. The Morgan fingerprint density at radius 1 is 1.39 bits per heavy atom. The van der Waals surface area contributed by atoms with Crippen molar-refractivity contribution in [3.8, 4) is 0 Å². The van der Waals surface area contributed by atoms with Crippen LogP contribution in [0.2, 0.25) is 0 Å². The largest absolute Gasteiger partial charge is 0.328 e. The summed E-state index contributed by atoms with van der Waals surface area (Å²) in [5, 5.41) is 6.30. The first-order valence-electron chi connectivity index (χ1n) is 5.25. The number of nitrogens with zero attached hydrogens (tertiary/aromatic N) is 4. The molecule has 1 N–H and O–H groups in total. The topological polar surface area (TPSA) is 79.6 Å². The minimum absolute atomic E-state index is 0.260. The van der Waals surface area contributed by atoms with Gasteiger partial charge in [-0.15, -0.1) is 0 Å². The zero-order valence-corrected chi connectivity index (χ0v) is 10.7. The van der Waals surface area contributed by atoms with Gasteiger partial charge in [-0.2, -0.15) is 5.10 Å². The lowest BCUT2D eigenvalue weighted by Gasteiger charge is -2.26. The van der Waals surface area contributed by atoms with E-state index in [1.54, 1.807) is 16.8 Å². The maximum atomic E-state index is 11.8. The number of carbonyl (C=O) groups is 2. The van der Waals surface area contributed by atoms with Crippen molar-refractivity contribution in [3.05, 3.63) is 23.1 Å². The van der Waals surface area contributed by atoms with Gasteiger partial charge in [-0.25, -0.2) is 14.3 Å². The van der Waals surface area contributed by atoms with Crippen LogP contribution in [0.5, 0.6) is 0 Å². The molecule has 1 aliphatic heterocycles. The van der Waals surface area contributed by atoms with Crippen LogP contribution in [-0.4, -0.2) is 33.1 Å². The standard InChI is InChI=1S/C10H8BrN5O2/c11-6-3-7(9-12-5-13-16(9)4-6)15-2-1-8(17)14-10(15)18/h3-5H,1-2H2,(H,14,17,18). The summed E-state index contributed by atoms with van der Waals surface area (Å²) in [4.78, 5) is 28.5. The first-order valence-corrected chi connectivity index (χ1v) is 6.05. The molecule has 2 aromatic heterocycles. The molecule has 2 aromatic rings. The summed E-state index contributed by atoms with van der Waals surface area (Å²) in [7, 11) is 0. The molecule has 0 bridgehead atoms. The number of rotatable bonds is 1. The van der Waals surface area contributed by atoms with E-state index in [-0.39, 0.29) is 12.3 Å². The fourth-order valence-corrected chi connectivity index (χ4v) is 2.28. The van der Waals surface area contributed by atoms with Gasteiger partial charge >= 0.3 is 6.03 Å². The van der Waals surface area contributed by atoms with Gasteiger partial charge in [0.15, 0.2) is 5.65 Å². The SMILES string of the molecule is O=C1CCN(c2cc(Br)cn3ncnc23)C(=O)N1. The Balaban J connectivity index is 2.11. The molecule has 3 rings (SSSR count). The van der Waals surface area contributed by atoms with Crippen LogP contribution >= 0.6 is 15.9 Å². The highest BCUT2D eigenvalue weighted by atomic mass is 79.9. The Morgan fingerprint density at radius 3 is 3.00 bits per heavy atom. The number of halogens is 1. The number of amides is 3. The lowest BCUT2D eigenvalue weighted by atomic mass is 10.2. The molecule has 1 saturated heterocycles. The summed E-state index contributed by atoms with van der Waals surface area (Å²) < 4.78 is 2.35. The average molecular weight is 310 g/mol. The van der Waals surface area contributed by atoms with E-state index < -0.39 is 6.03 Å². The second-order valence-corrected chi connectivity index (χ2v) is 4.74. The Morgan fingerprint density at radius 2 is 2.22 bits per heavy atom. The smallest absolute Gasteiger partial charge is 0.290 e. The van der Waals surface area contributed by atoms with Crippen molar-refractivity contribution >= 4 is 39.2 Å². The van der Waals surface area contributed by atoms with Crippen LogP contribution in [-0.2, 0) is 4.79 Å². The highest BCUT2D eigenvalue weighted by Crippen LogP contribution is 2.25. The Kier molecular flexibility index (Phi) is 2.51. The third-order valence-electron chi connectivity index (χ3n) is 2.67. The molecular formula is C10H8BrN5O2. The molecule has 0 spiro atoms. The summed E-state index contributed by atoms with van der Waals surface area (Å²) in [6, 6.07) is 1.34. The highest BCUT2D eigenvalue weighted by molar-refractivity contribution is 9.10. The van der Waals surface area contributed by atoms with Gasteiger partial charge < -0.3 is 0 Å². The van der Waals surface area contributed by atoms with E-state index in [9.17, 15) is 9.59 Å². The lowest BCUT2D eigenvalue weighted by molar-refractivity contribution is -0.120. The second-order valence-electron chi connectivity index (χ2n) is 3.83. The molecule has 1 aliphatic rings. The fraction of sp³-hybridized carbons (Fsp3) is 0.200. The van der Waals surface area contributed by atoms with Crippen LogP contribution in [0.25, 0.3) is 5.65 Å². The molecule has 0 radical (unpaired) electrons. The van der Waals surface area contributed by atoms with E-state index in [4.69, 9.17) is 0 Å². The van der Waals surface area contributed by atoms with Crippen molar-refractivity contribution in [2.45, 2.75) is 6.42 Å². The minimum atomic E-state index is -0.436. The molecule has 1 fully saturated rings. The molecule has 8 heteroatoms. The summed E-state index contributed by atoms with van der Waals surface area (Å²) in [5.74, 6) is -0.260. The van der Waals surface area contributed by atoms with Gasteiger partial charge in [-0.3, -0.25) is 15.0 Å². The van der Waals surface area contributed by atoms with Crippen LogP contribution in [0.4, 0.5) is 10.5 Å². The van der Waals surface area contributed by atoms with E-state index in [2.05, 4.69) is 31.3 Å². The van der Waals surface area contributed by atoms with Gasteiger partial charge in [0.2, 0.25) is 5.91 Å².